The molecule has 0 aliphatic rings. The second-order valence-electron chi connectivity index (χ2n) is 5.48. The van der Waals surface area contributed by atoms with Crippen LogP contribution < -0.4 is 10.6 Å². The number of thiocarbonyl (C=S) groups is 1. The molecule has 6 nitrogen and oxygen atoms in total. The summed E-state index contributed by atoms with van der Waals surface area (Å²) in [4.78, 5) is 0. The molecule has 0 radical (unpaired) electrons. The number of hydrogen-bond donors (Lipinski definition) is 2. The minimum Gasteiger partial charge on any atom is -0.330 e. The van der Waals surface area contributed by atoms with E-state index in [1.807, 2.05) is 20.2 Å². The van der Waals surface area contributed by atoms with Crippen molar-refractivity contribution in [2.45, 2.75) is 13.5 Å². The van der Waals surface area contributed by atoms with Crippen molar-refractivity contribution in [3.05, 3.63) is 58.8 Å². The van der Waals surface area contributed by atoms with Crippen molar-refractivity contribution in [3.63, 3.8) is 0 Å². The quantitative estimate of drug-likeness (QED) is 0.679. The maximum atomic E-state index is 13.9. The summed E-state index contributed by atoms with van der Waals surface area (Å²) in [5.41, 5.74) is 2.05. The molecule has 0 saturated heterocycles. The molecule has 0 atom stereocenters. The molecule has 25 heavy (non-hydrogen) atoms. The lowest BCUT2D eigenvalue weighted by molar-refractivity contribution is 0.586. The predicted octanol–water partition coefficient (Wildman–Crippen LogP) is 3.57. The first kappa shape index (κ1) is 17.4. The molecule has 2 heterocycles. The Kier molecular flexibility index (Phi) is 5.00. The van der Waals surface area contributed by atoms with Gasteiger partial charge in [-0.05, 0) is 31.3 Å². The normalized spacial score (nSPS) is 10.7. The molecule has 130 valence electrons. The third-order valence-electron chi connectivity index (χ3n) is 3.53. The summed E-state index contributed by atoms with van der Waals surface area (Å²) >= 11 is 11.3. The lowest BCUT2D eigenvalue weighted by atomic mass is 10.2. The van der Waals surface area contributed by atoms with E-state index in [9.17, 15) is 4.39 Å². The monoisotopic (exact) mass is 378 g/mol. The summed E-state index contributed by atoms with van der Waals surface area (Å²) in [6.45, 7) is 2.12. The fourth-order valence-electron chi connectivity index (χ4n) is 2.35. The van der Waals surface area contributed by atoms with Gasteiger partial charge >= 0.3 is 0 Å². The van der Waals surface area contributed by atoms with E-state index in [0.29, 0.717) is 21.5 Å². The van der Waals surface area contributed by atoms with Crippen molar-refractivity contribution < 1.29 is 4.39 Å². The van der Waals surface area contributed by atoms with E-state index in [0.717, 1.165) is 11.4 Å². The van der Waals surface area contributed by atoms with Gasteiger partial charge in [-0.2, -0.15) is 10.2 Å². The van der Waals surface area contributed by atoms with Crippen LogP contribution >= 0.6 is 23.8 Å². The van der Waals surface area contributed by atoms with E-state index in [1.165, 1.54) is 6.07 Å². The third-order valence-corrected chi connectivity index (χ3v) is 4.08. The summed E-state index contributed by atoms with van der Waals surface area (Å²) in [6, 6.07) is 6.34. The van der Waals surface area contributed by atoms with Crippen LogP contribution in [-0.4, -0.2) is 24.7 Å². The van der Waals surface area contributed by atoms with Crippen molar-refractivity contribution in [1.29, 1.82) is 0 Å². The maximum Gasteiger partial charge on any atom is 0.176 e. The van der Waals surface area contributed by atoms with Crippen molar-refractivity contribution >= 4 is 40.4 Å². The number of nitrogens with one attached hydrogen (secondary N) is 2. The first-order valence-corrected chi connectivity index (χ1v) is 8.25. The zero-order chi connectivity index (χ0) is 18.0. The number of hydrogen-bond acceptors (Lipinski definition) is 3. The number of benzene rings is 1. The van der Waals surface area contributed by atoms with Gasteiger partial charge in [-0.15, -0.1) is 0 Å². The van der Waals surface area contributed by atoms with Crippen molar-refractivity contribution in [2.75, 3.05) is 10.6 Å². The van der Waals surface area contributed by atoms with Crippen LogP contribution in [0.1, 0.15) is 11.3 Å². The van der Waals surface area contributed by atoms with E-state index in [-0.39, 0.29) is 12.4 Å². The molecular weight excluding hydrogens is 363 g/mol. The Morgan fingerprint density at radius 3 is 2.76 bits per heavy atom. The summed E-state index contributed by atoms with van der Waals surface area (Å²) in [5, 5.41) is 15.4. The van der Waals surface area contributed by atoms with Gasteiger partial charge in [-0.3, -0.25) is 9.36 Å². The van der Waals surface area contributed by atoms with Gasteiger partial charge in [-0.1, -0.05) is 17.7 Å². The zero-order valence-electron chi connectivity index (χ0n) is 13.6. The van der Waals surface area contributed by atoms with Crippen LogP contribution in [0.3, 0.4) is 0 Å². The third kappa shape index (κ3) is 4.15. The van der Waals surface area contributed by atoms with Gasteiger partial charge in [0.15, 0.2) is 10.9 Å². The number of aryl methyl sites for hydroxylation is 2. The maximum absolute atomic E-state index is 13.9. The number of aromatic nitrogens is 4. The Morgan fingerprint density at radius 1 is 1.28 bits per heavy atom. The van der Waals surface area contributed by atoms with E-state index in [2.05, 4.69) is 20.8 Å². The first-order chi connectivity index (χ1) is 11.9. The molecule has 2 aromatic heterocycles. The van der Waals surface area contributed by atoms with Gasteiger partial charge in [0, 0.05) is 36.1 Å². The first-order valence-electron chi connectivity index (χ1n) is 7.47. The number of rotatable bonds is 4. The van der Waals surface area contributed by atoms with Crippen LogP contribution in [0.5, 0.6) is 0 Å². The molecule has 0 spiro atoms. The molecule has 0 aliphatic carbocycles. The molecule has 0 amide bonds. The highest BCUT2D eigenvalue weighted by Gasteiger charge is 2.10. The molecule has 0 saturated carbocycles. The lowest BCUT2D eigenvalue weighted by Crippen LogP contribution is -2.19. The summed E-state index contributed by atoms with van der Waals surface area (Å²) in [6.07, 6.45) is 3.56. The summed E-state index contributed by atoms with van der Waals surface area (Å²) < 4.78 is 17.1. The zero-order valence-corrected chi connectivity index (χ0v) is 15.2. The SMILES string of the molecule is Cc1nn(C)cc1NC(=S)Nc1ccn(Cc2c(F)cccc2Cl)n1. The lowest BCUT2D eigenvalue weighted by Gasteiger charge is -2.08. The molecule has 1 aromatic carbocycles. The highest BCUT2D eigenvalue weighted by atomic mass is 35.5. The minimum atomic E-state index is -0.359. The summed E-state index contributed by atoms with van der Waals surface area (Å²) in [5.74, 6) is 0.188. The van der Waals surface area contributed by atoms with Crippen molar-refractivity contribution in [2.24, 2.45) is 7.05 Å². The van der Waals surface area contributed by atoms with Crippen LogP contribution in [0.4, 0.5) is 15.9 Å². The molecule has 0 fully saturated rings. The number of halogens is 2. The molecule has 9 heteroatoms. The van der Waals surface area contributed by atoms with E-state index >= 15 is 0 Å². The average molecular weight is 379 g/mol. The molecule has 0 aliphatic heterocycles. The van der Waals surface area contributed by atoms with Crippen LogP contribution in [0.25, 0.3) is 0 Å². The van der Waals surface area contributed by atoms with Gasteiger partial charge in [0.05, 0.1) is 17.9 Å². The van der Waals surface area contributed by atoms with E-state index in [1.54, 1.807) is 33.8 Å². The second-order valence-corrected chi connectivity index (χ2v) is 6.30. The Morgan fingerprint density at radius 2 is 2.08 bits per heavy atom. The summed E-state index contributed by atoms with van der Waals surface area (Å²) in [7, 11) is 1.84. The highest BCUT2D eigenvalue weighted by Crippen LogP contribution is 2.20. The molecule has 0 unspecified atom stereocenters. The van der Waals surface area contributed by atoms with Gasteiger partial charge in [0.1, 0.15) is 5.82 Å². The average Bonchev–Trinajstić information content (AvgIpc) is 3.09. The van der Waals surface area contributed by atoms with Gasteiger partial charge in [-0.25, -0.2) is 4.39 Å². The fraction of sp³-hybridized carbons (Fsp3) is 0.188. The molecule has 2 N–H and O–H groups in total. The van der Waals surface area contributed by atoms with Crippen LogP contribution in [0, 0.1) is 12.7 Å². The predicted molar refractivity (Wildman–Crippen MR) is 101 cm³/mol. The molecule has 3 aromatic rings. The van der Waals surface area contributed by atoms with Gasteiger partial charge < -0.3 is 10.6 Å². The fourth-order valence-corrected chi connectivity index (χ4v) is 2.79. The largest absolute Gasteiger partial charge is 0.330 e. The molecular formula is C16H16ClFN6S. The number of nitrogens with zero attached hydrogens (tertiary/aromatic N) is 4. The molecule has 3 rings (SSSR count). The Bertz CT molecular complexity index is 899. The molecule has 0 bridgehead atoms. The van der Waals surface area contributed by atoms with Crippen molar-refractivity contribution in [3.8, 4) is 0 Å². The Balaban J connectivity index is 1.65. The highest BCUT2D eigenvalue weighted by molar-refractivity contribution is 7.80. The second kappa shape index (κ2) is 7.20. The smallest absolute Gasteiger partial charge is 0.176 e. The Labute approximate surface area is 154 Å². The Hall–Kier alpha value is -2.45. The van der Waals surface area contributed by atoms with Crippen LogP contribution in [0.2, 0.25) is 5.02 Å². The van der Waals surface area contributed by atoms with Crippen LogP contribution in [0.15, 0.2) is 36.7 Å². The van der Waals surface area contributed by atoms with E-state index < -0.39 is 0 Å². The van der Waals surface area contributed by atoms with Crippen molar-refractivity contribution in [1.82, 2.24) is 19.6 Å². The standard InChI is InChI=1S/C16H16ClFN6S/c1-10-14(9-23(2)21-10)19-16(25)20-15-6-7-24(22-15)8-11-12(17)4-3-5-13(11)18/h3-7,9H,8H2,1-2H3,(H2,19,20,22,25). The van der Waals surface area contributed by atoms with Gasteiger partial charge in [0.2, 0.25) is 0 Å². The topological polar surface area (TPSA) is 59.7 Å². The van der Waals surface area contributed by atoms with E-state index in [4.69, 9.17) is 23.8 Å². The van der Waals surface area contributed by atoms with Gasteiger partial charge in [0.25, 0.3) is 0 Å². The number of anilines is 2. The van der Waals surface area contributed by atoms with Crippen LogP contribution in [-0.2, 0) is 13.6 Å². The minimum absolute atomic E-state index is 0.231.